The minimum atomic E-state index is 0. The van der Waals surface area contributed by atoms with Gasteiger partial charge in [-0.3, -0.25) is 0 Å². The summed E-state index contributed by atoms with van der Waals surface area (Å²) in [7, 11) is 0. The van der Waals surface area contributed by atoms with Crippen molar-refractivity contribution < 1.29 is 18.9 Å². The van der Waals surface area contributed by atoms with Gasteiger partial charge >= 0.3 is 18.9 Å². The third-order valence-corrected chi connectivity index (χ3v) is 3.76. The van der Waals surface area contributed by atoms with Crippen LogP contribution in [0.2, 0.25) is 0 Å². The third-order valence-electron chi connectivity index (χ3n) is 3.08. The number of hydrogen-bond donors (Lipinski definition) is 0. The van der Waals surface area contributed by atoms with Gasteiger partial charge < -0.3 is 9.55 Å². The Morgan fingerprint density at radius 3 is 2.78 bits per heavy atom. The Morgan fingerprint density at radius 1 is 1.44 bits per heavy atom. The number of nitrogens with zero attached hydrogens (tertiary/aromatic N) is 2. The van der Waals surface area contributed by atoms with Crippen molar-refractivity contribution >= 4 is 17.3 Å². The first-order valence-electron chi connectivity index (χ1n) is 6.44. The Morgan fingerprint density at radius 2 is 2.22 bits per heavy atom. The summed E-state index contributed by atoms with van der Waals surface area (Å²) in [6, 6.07) is 0. The van der Waals surface area contributed by atoms with Crippen molar-refractivity contribution in [2.45, 2.75) is 51.2 Å². The second-order valence-electron chi connectivity index (χ2n) is 5.04. The molecule has 1 aromatic heterocycles. The number of allylic oxidation sites excluding steroid dienone is 2. The summed E-state index contributed by atoms with van der Waals surface area (Å²) in [6.07, 6.45) is 12.7. The molecule has 0 amide bonds. The number of hydrogen-bond acceptors (Lipinski definition) is 2. The van der Waals surface area contributed by atoms with Crippen LogP contribution in [0.5, 0.6) is 0 Å². The first-order chi connectivity index (χ1) is 8.22. The van der Waals surface area contributed by atoms with Crippen LogP contribution in [-0.2, 0) is 6.54 Å². The van der Waals surface area contributed by atoms with Gasteiger partial charge in [-0.05, 0) is 18.6 Å². The molecule has 0 saturated heterocycles. The summed E-state index contributed by atoms with van der Waals surface area (Å²) >= 11 is 1.72. The van der Waals surface area contributed by atoms with Crippen LogP contribution in [0.1, 0.15) is 45.2 Å². The number of rotatable bonds is 4. The van der Waals surface area contributed by atoms with E-state index in [0.717, 1.165) is 11.7 Å². The van der Waals surface area contributed by atoms with Gasteiger partial charge in [0.2, 0.25) is 0 Å². The molecule has 0 spiro atoms. The van der Waals surface area contributed by atoms with Crippen LogP contribution in [0.3, 0.4) is 0 Å². The maximum Gasteiger partial charge on any atom is 1.00 e. The third kappa shape index (κ3) is 3.70. The molecule has 2 nitrogen and oxygen atoms in total. The van der Waals surface area contributed by atoms with Crippen molar-refractivity contribution in [3.8, 4) is 0 Å². The van der Waals surface area contributed by atoms with Gasteiger partial charge in [0.1, 0.15) is 0 Å². The van der Waals surface area contributed by atoms with Gasteiger partial charge in [0.25, 0.3) is 0 Å². The van der Waals surface area contributed by atoms with E-state index < -0.39 is 0 Å². The largest absolute Gasteiger partial charge is 1.00 e. The van der Waals surface area contributed by atoms with Crippen molar-refractivity contribution in [3.63, 3.8) is 0 Å². The van der Waals surface area contributed by atoms with Crippen molar-refractivity contribution in [3.05, 3.63) is 18.0 Å². The molecule has 2 rings (SSSR count). The predicted molar refractivity (Wildman–Crippen MR) is 74.1 cm³/mol. The van der Waals surface area contributed by atoms with Crippen LogP contribution >= 0.6 is 11.8 Å². The summed E-state index contributed by atoms with van der Waals surface area (Å²) < 4.78 is 2.34. The summed E-state index contributed by atoms with van der Waals surface area (Å²) in [4.78, 5) is 4.42. The van der Waals surface area contributed by atoms with E-state index in [4.69, 9.17) is 0 Å². The Balaban J connectivity index is 0.00000162. The zero-order valence-corrected chi connectivity index (χ0v) is 12.8. The molecular formula is C14H21LiN2S. The van der Waals surface area contributed by atoms with E-state index in [-0.39, 0.29) is 18.9 Å². The minimum absolute atomic E-state index is 0. The molecule has 1 aliphatic rings. The maximum atomic E-state index is 4.42. The molecule has 0 N–H and O–H groups in total. The molecular weight excluding hydrogens is 235 g/mol. The van der Waals surface area contributed by atoms with Crippen molar-refractivity contribution in [1.29, 1.82) is 0 Å². The second kappa shape index (κ2) is 7.48. The molecule has 1 heterocycles. The van der Waals surface area contributed by atoms with Gasteiger partial charge in [-0.15, -0.1) is 11.6 Å². The van der Waals surface area contributed by atoms with Crippen molar-refractivity contribution in [2.75, 3.05) is 6.26 Å². The first-order valence-corrected chi connectivity index (χ1v) is 7.66. The van der Waals surface area contributed by atoms with Crippen LogP contribution in [0.4, 0.5) is 0 Å². The fourth-order valence-electron chi connectivity index (χ4n) is 2.31. The molecule has 0 radical (unpaired) electrons. The zero-order chi connectivity index (χ0) is 12.3. The summed E-state index contributed by atoms with van der Waals surface area (Å²) in [6.45, 7) is 5.55. The molecule has 0 aromatic carbocycles. The summed E-state index contributed by atoms with van der Waals surface area (Å²) in [5.41, 5.74) is 2.67. The smallest absolute Gasteiger partial charge is 0.393 e. The molecule has 0 atom stereocenters. The monoisotopic (exact) mass is 256 g/mol. The van der Waals surface area contributed by atoms with Crippen LogP contribution in [0.25, 0.3) is 5.57 Å². The molecule has 0 unspecified atom stereocenters. The topological polar surface area (TPSA) is 17.8 Å². The van der Waals surface area contributed by atoms with Crippen LogP contribution in [0.15, 0.2) is 11.2 Å². The van der Waals surface area contributed by atoms with Crippen molar-refractivity contribution in [1.82, 2.24) is 9.55 Å². The molecule has 4 heteroatoms. The van der Waals surface area contributed by atoms with Gasteiger partial charge in [-0.2, -0.15) is 11.8 Å². The number of aromatic nitrogens is 2. The van der Waals surface area contributed by atoms with Gasteiger partial charge in [0.15, 0.2) is 0 Å². The zero-order valence-electron chi connectivity index (χ0n) is 12.0. The molecule has 1 aromatic rings. The Hall–Kier alpha value is -0.103. The fourth-order valence-corrected chi connectivity index (χ4v) is 2.83. The Kier molecular flexibility index (Phi) is 6.63. The van der Waals surface area contributed by atoms with Gasteiger partial charge in [0, 0.05) is 6.54 Å². The van der Waals surface area contributed by atoms with Gasteiger partial charge in [0.05, 0.1) is 5.16 Å². The van der Waals surface area contributed by atoms with E-state index >= 15 is 0 Å². The molecule has 0 saturated carbocycles. The van der Waals surface area contributed by atoms with E-state index in [0.29, 0.717) is 5.92 Å². The quantitative estimate of drug-likeness (QED) is 0.455. The van der Waals surface area contributed by atoms with E-state index in [1.54, 1.807) is 11.8 Å². The SMILES string of the molecule is CSc1n[c-]c(C2=CCCCC2)n1CC(C)C.[Li+]. The molecule has 0 fully saturated rings. The maximum absolute atomic E-state index is 4.42. The van der Waals surface area contributed by atoms with Crippen LogP contribution in [-0.4, -0.2) is 15.8 Å². The van der Waals surface area contributed by atoms with E-state index in [2.05, 4.69) is 41.9 Å². The molecule has 0 aliphatic heterocycles. The standard InChI is InChI=1S/C14H21N2S.Li/c1-11(2)10-16-13(9-15-14(16)17-3)12-7-5-4-6-8-12;/h7,11H,4-6,8,10H2,1-3H3;/q-1;+1. The minimum Gasteiger partial charge on any atom is -0.393 e. The average molecular weight is 256 g/mol. The Bertz CT molecular complexity index is 410. The number of imidazole rings is 1. The summed E-state index contributed by atoms with van der Waals surface area (Å²) in [5.74, 6) is 0.645. The van der Waals surface area contributed by atoms with Gasteiger partial charge in [-0.25, -0.2) is 0 Å². The average Bonchev–Trinajstić information content (AvgIpc) is 2.72. The molecule has 0 bridgehead atoms. The molecule has 1 aliphatic carbocycles. The normalized spacial score (nSPS) is 15.4. The Labute approximate surface area is 127 Å². The number of thioether (sulfide) groups is 1. The molecule has 94 valence electrons. The fraction of sp³-hybridized carbons (Fsp3) is 0.643. The van der Waals surface area contributed by atoms with Gasteiger partial charge in [-0.1, -0.05) is 45.0 Å². The van der Waals surface area contributed by atoms with Crippen LogP contribution in [0, 0.1) is 12.1 Å². The predicted octanol–water partition coefficient (Wildman–Crippen LogP) is 1.02. The molecule has 18 heavy (non-hydrogen) atoms. The first kappa shape index (κ1) is 16.0. The van der Waals surface area contributed by atoms with E-state index in [1.807, 2.05) is 0 Å². The van der Waals surface area contributed by atoms with Crippen LogP contribution < -0.4 is 18.9 Å². The van der Waals surface area contributed by atoms with Crippen molar-refractivity contribution in [2.24, 2.45) is 5.92 Å². The van der Waals surface area contributed by atoms with E-state index in [9.17, 15) is 0 Å². The van der Waals surface area contributed by atoms with E-state index in [1.165, 1.54) is 37.0 Å². The summed E-state index contributed by atoms with van der Waals surface area (Å²) in [5, 5.41) is 1.10. The second-order valence-corrected chi connectivity index (χ2v) is 5.81.